The van der Waals surface area contributed by atoms with Crippen molar-refractivity contribution in [3.8, 4) is 0 Å². The molecule has 0 heterocycles. The average Bonchev–Trinajstić information content (AvgIpc) is 0. The van der Waals surface area contributed by atoms with E-state index in [4.69, 9.17) is 0 Å². The van der Waals surface area contributed by atoms with Crippen molar-refractivity contribution < 1.29 is 41.9 Å². The summed E-state index contributed by atoms with van der Waals surface area (Å²) in [6.45, 7) is 0. The Hall–Kier alpha value is 2.58. The van der Waals surface area contributed by atoms with Crippen LogP contribution in [0.4, 0.5) is 0 Å². The predicted octanol–water partition coefficient (Wildman–Crippen LogP) is 0.262. The summed E-state index contributed by atoms with van der Waals surface area (Å²) in [6, 6.07) is 0. The van der Waals surface area contributed by atoms with Crippen LogP contribution in [0, 0.1) is 0 Å². The zero-order valence-corrected chi connectivity index (χ0v) is 10.6. The molecule has 0 N–H and O–H groups in total. The quantitative estimate of drug-likeness (QED) is 0.562. The monoisotopic (exact) mass is 318 g/mol. The van der Waals surface area contributed by atoms with Crippen molar-refractivity contribution in [1.82, 2.24) is 0 Å². The zero-order valence-electron chi connectivity index (χ0n) is 1.99. The minimum atomic E-state index is 0. The van der Waals surface area contributed by atoms with E-state index in [1.807, 2.05) is 0 Å². The Balaban J connectivity index is 0. The molecule has 0 saturated heterocycles. The first-order valence-corrected chi connectivity index (χ1v) is 0. The van der Waals surface area contributed by atoms with Gasteiger partial charge < -0.3 is 0 Å². The van der Waals surface area contributed by atoms with Crippen molar-refractivity contribution in [3.05, 3.63) is 0 Å². The second-order valence-corrected chi connectivity index (χ2v) is 0. The molecule has 0 aliphatic carbocycles. The third kappa shape index (κ3) is 8.82. The maximum absolute atomic E-state index is 0. The minimum Gasteiger partial charge on any atom is 0 e. The van der Waals surface area contributed by atoms with E-state index in [1.54, 1.807) is 0 Å². The summed E-state index contributed by atoms with van der Waals surface area (Å²) in [6.07, 6.45) is 0. The van der Waals surface area contributed by atoms with E-state index in [9.17, 15) is 0 Å². The maximum Gasteiger partial charge on any atom is 0 e. The Labute approximate surface area is 80.0 Å². The van der Waals surface area contributed by atoms with Gasteiger partial charge in [-0.3, -0.25) is 0 Å². The minimum absolute atomic E-state index is 0. The van der Waals surface area contributed by atoms with Crippen molar-refractivity contribution in [2.75, 3.05) is 0 Å². The fourth-order valence-corrected chi connectivity index (χ4v) is 0. The van der Waals surface area contributed by atoms with Gasteiger partial charge in [0, 0.05) is 81.2 Å². The molecule has 4 heteroatoms. The van der Waals surface area contributed by atoms with E-state index in [-0.39, 0.29) is 81.2 Å². The van der Waals surface area contributed by atoms with Crippen LogP contribution >= 0.6 is 13.5 Å². The molecule has 0 fully saturated rings. The molecular weight excluding hydrogens is 320 g/mol. The van der Waals surface area contributed by atoms with Crippen molar-refractivity contribution in [2.24, 2.45) is 0 Å². The zero-order chi connectivity index (χ0) is 0. The van der Waals surface area contributed by atoms with Crippen LogP contribution in [0.5, 0.6) is 0 Å². The summed E-state index contributed by atoms with van der Waals surface area (Å²) in [7, 11) is 0. The van der Waals surface area contributed by atoms with Crippen LogP contribution in [0.2, 0.25) is 0 Å². The molecule has 0 amide bonds. The molecule has 0 aromatic rings. The van der Waals surface area contributed by atoms with Gasteiger partial charge in [0.15, 0.2) is 0 Å². The first-order valence-electron chi connectivity index (χ1n) is 0. The normalized spacial score (nSPS) is 0. The maximum atomic E-state index is 0. The van der Waals surface area contributed by atoms with Crippen LogP contribution in [-0.4, -0.2) is 25.8 Å². The van der Waals surface area contributed by atoms with Gasteiger partial charge in [-0.15, -0.1) is 0 Å². The molecule has 0 unspecified atom stereocenters. The van der Waals surface area contributed by atoms with Crippen molar-refractivity contribution >= 4 is 39.3 Å². The topological polar surface area (TPSA) is 0 Å². The Morgan fingerprint density at radius 2 is 1.00 bits per heavy atom. The Bertz CT molecular complexity index is 8.00. The second kappa shape index (κ2) is 17.6. The Morgan fingerprint density at radius 1 is 1.00 bits per heavy atom. The number of hydrogen-bond donors (Lipinski definition) is 0. The largest absolute Gasteiger partial charge is 0 e. The van der Waals surface area contributed by atoms with Gasteiger partial charge in [-0.05, 0) is 0 Å². The fourth-order valence-electron chi connectivity index (χ4n) is 0. The molecule has 0 aliphatic heterocycles. The van der Waals surface area contributed by atoms with Crippen LogP contribution in [0.15, 0.2) is 0 Å². The molecule has 6 radical (unpaired) electrons. The van der Waals surface area contributed by atoms with E-state index in [0.717, 1.165) is 0 Å². The number of rotatable bonds is 0. The molecule has 22 valence electrons. The summed E-state index contributed by atoms with van der Waals surface area (Å²) < 4.78 is 0. The van der Waals surface area contributed by atoms with Gasteiger partial charge in [0.25, 0.3) is 0 Å². The fraction of sp³-hybridized carbons (Fsp3) is 0. The van der Waals surface area contributed by atoms with Gasteiger partial charge in [-0.1, -0.05) is 0 Å². The van der Waals surface area contributed by atoms with E-state index in [0.29, 0.717) is 0 Å². The molecule has 0 nitrogen and oxygen atoms in total. The molecule has 0 rings (SSSR count). The van der Waals surface area contributed by atoms with Crippen molar-refractivity contribution in [3.63, 3.8) is 0 Å². The summed E-state index contributed by atoms with van der Waals surface area (Å²) in [5.41, 5.74) is 0. The number of hydrogen-bond acceptors (Lipinski definition) is 0. The van der Waals surface area contributed by atoms with E-state index in [1.165, 1.54) is 0 Å². The molecule has 4 heavy (non-hydrogen) atoms. The van der Waals surface area contributed by atoms with Gasteiger partial charge in [-0.25, -0.2) is 0 Å². The SMILES string of the molecule is [Ag].[In].[S].[Zn]. The van der Waals surface area contributed by atoms with Gasteiger partial charge in [0.2, 0.25) is 0 Å². The molecule has 0 aromatic carbocycles. The van der Waals surface area contributed by atoms with E-state index < -0.39 is 0 Å². The smallest absolute Gasteiger partial charge is 0 e. The van der Waals surface area contributed by atoms with Gasteiger partial charge in [0.05, 0.1) is 0 Å². The van der Waals surface area contributed by atoms with Gasteiger partial charge in [0.1, 0.15) is 0 Å². The first kappa shape index (κ1) is 30.7. The standard InChI is InChI=1S/Ag.In.S.Zn. The molecule has 0 aliphatic rings. The van der Waals surface area contributed by atoms with Crippen LogP contribution < -0.4 is 0 Å². The van der Waals surface area contributed by atoms with Crippen LogP contribution in [0.1, 0.15) is 0 Å². The van der Waals surface area contributed by atoms with E-state index >= 15 is 0 Å². The Morgan fingerprint density at radius 3 is 1.00 bits per heavy atom. The second-order valence-electron chi connectivity index (χ2n) is 0. The molecular formula is AgInSZn. The van der Waals surface area contributed by atoms with Crippen LogP contribution in [0.3, 0.4) is 0 Å². The third-order valence-corrected chi connectivity index (χ3v) is 0. The summed E-state index contributed by atoms with van der Waals surface area (Å²) in [5, 5.41) is 0. The van der Waals surface area contributed by atoms with Gasteiger partial charge >= 0.3 is 0 Å². The van der Waals surface area contributed by atoms with Crippen molar-refractivity contribution in [2.45, 2.75) is 0 Å². The predicted molar refractivity (Wildman–Crippen MR) is 13.3 cm³/mol. The molecule has 0 spiro atoms. The molecule has 0 atom stereocenters. The summed E-state index contributed by atoms with van der Waals surface area (Å²) in [4.78, 5) is 0. The van der Waals surface area contributed by atoms with Crippen LogP contribution in [0.25, 0.3) is 0 Å². The summed E-state index contributed by atoms with van der Waals surface area (Å²) >= 11 is 0. The molecule has 0 aromatic heterocycles. The Kier molecular flexibility index (Phi) is 135. The van der Waals surface area contributed by atoms with Crippen LogP contribution in [-0.2, 0) is 41.9 Å². The summed E-state index contributed by atoms with van der Waals surface area (Å²) in [5.74, 6) is 0. The van der Waals surface area contributed by atoms with Gasteiger partial charge in [-0.2, -0.15) is 0 Å². The van der Waals surface area contributed by atoms with E-state index in [2.05, 4.69) is 0 Å². The average molecular weight is 320 g/mol. The molecule has 0 saturated carbocycles. The van der Waals surface area contributed by atoms with Crippen molar-refractivity contribution in [1.29, 1.82) is 0 Å². The molecule has 0 bridgehead atoms. The first-order chi connectivity index (χ1) is 0. The third-order valence-electron chi connectivity index (χ3n) is 0.